The highest BCUT2D eigenvalue weighted by Crippen LogP contribution is 2.36. The highest BCUT2D eigenvalue weighted by molar-refractivity contribution is 6.14. The number of carbonyl (C=O) groups is 2. The highest BCUT2D eigenvalue weighted by Gasteiger charge is 2.33. The first-order valence-corrected chi connectivity index (χ1v) is 10.6. The van der Waals surface area contributed by atoms with E-state index < -0.39 is 24.3 Å². The first-order valence-electron chi connectivity index (χ1n) is 10.6. The number of alkyl halides is 3. The number of amides is 1. The van der Waals surface area contributed by atoms with Gasteiger partial charge in [0.1, 0.15) is 11.5 Å². The number of benzene rings is 3. The second-order valence-electron chi connectivity index (χ2n) is 7.59. The fourth-order valence-electron chi connectivity index (χ4n) is 3.53. The molecule has 36 heavy (non-hydrogen) atoms. The lowest BCUT2D eigenvalue weighted by Crippen LogP contribution is -2.22. The van der Waals surface area contributed by atoms with Crippen LogP contribution in [0, 0.1) is 0 Å². The molecule has 1 heterocycles. The number of allylic oxidation sites excluding steroid dienone is 1. The molecule has 1 aliphatic heterocycles. The molecular formula is C26H20F3NO6. The quantitative estimate of drug-likeness (QED) is 0.441. The molecule has 186 valence electrons. The van der Waals surface area contributed by atoms with E-state index >= 15 is 0 Å². The van der Waals surface area contributed by atoms with E-state index in [9.17, 15) is 22.8 Å². The Bertz CT molecular complexity index is 1350. The van der Waals surface area contributed by atoms with Crippen molar-refractivity contribution in [3.05, 3.63) is 83.1 Å². The molecule has 1 N–H and O–H groups in total. The maximum atomic E-state index is 13.1. The first kappa shape index (κ1) is 24.6. The molecule has 3 aromatic carbocycles. The third-order valence-corrected chi connectivity index (χ3v) is 5.22. The lowest BCUT2D eigenvalue weighted by molar-refractivity contribution is -0.137. The molecule has 0 aromatic heterocycles. The fourth-order valence-corrected chi connectivity index (χ4v) is 3.53. The van der Waals surface area contributed by atoms with Gasteiger partial charge in [-0.2, -0.15) is 13.2 Å². The summed E-state index contributed by atoms with van der Waals surface area (Å²) in [5.41, 5.74) is -0.378. The predicted octanol–water partition coefficient (Wildman–Crippen LogP) is 5.36. The van der Waals surface area contributed by atoms with E-state index in [1.54, 1.807) is 24.3 Å². The Morgan fingerprint density at radius 3 is 2.47 bits per heavy atom. The number of ether oxygens (including phenoxy) is 4. The van der Waals surface area contributed by atoms with Gasteiger partial charge < -0.3 is 24.3 Å². The summed E-state index contributed by atoms with van der Waals surface area (Å²) in [6.45, 7) is -0.548. The van der Waals surface area contributed by atoms with Crippen molar-refractivity contribution in [2.24, 2.45) is 0 Å². The van der Waals surface area contributed by atoms with Crippen LogP contribution in [0.1, 0.15) is 21.5 Å². The molecule has 0 bridgehead atoms. The molecule has 4 rings (SSSR count). The summed E-state index contributed by atoms with van der Waals surface area (Å²) in [6, 6.07) is 14.1. The normalized spacial score (nSPS) is 13.7. The van der Waals surface area contributed by atoms with Crippen molar-refractivity contribution in [1.29, 1.82) is 0 Å². The molecule has 1 aliphatic rings. The van der Waals surface area contributed by atoms with Gasteiger partial charge in [0.15, 0.2) is 23.9 Å². The molecule has 0 unspecified atom stereocenters. The number of rotatable bonds is 7. The Balaban J connectivity index is 1.43. The molecule has 10 heteroatoms. The van der Waals surface area contributed by atoms with Crippen LogP contribution in [-0.4, -0.2) is 32.5 Å². The monoisotopic (exact) mass is 499 g/mol. The van der Waals surface area contributed by atoms with Gasteiger partial charge in [-0.3, -0.25) is 9.59 Å². The fraction of sp³-hybridized carbons (Fsp3) is 0.154. The molecule has 0 spiro atoms. The molecule has 0 radical (unpaired) electrons. The van der Waals surface area contributed by atoms with Gasteiger partial charge in [0, 0.05) is 6.07 Å². The lowest BCUT2D eigenvalue weighted by Gasteiger charge is -2.14. The van der Waals surface area contributed by atoms with Crippen molar-refractivity contribution in [3.63, 3.8) is 0 Å². The van der Waals surface area contributed by atoms with E-state index in [1.807, 2.05) is 0 Å². The Morgan fingerprint density at radius 1 is 1.00 bits per heavy atom. The van der Waals surface area contributed by atoms with Crippen LogP contribution in [-0.2, 0) is 11.0 Å². The molecular weight excluding hydrogens is 479 g/mol. The number of methoxy groups -OCH3 is 2. The van der Waals surface area contributed by atoms with Crippen molar-refractivity contribution in [3.8, 4) is 23.0 Å². The van der Waals surface area contributed by atoms with Crippen molar-refractivity contribution >= 4 is 23.5 Å². The zero-order chi connectivity index (χ0) is 25.9. The van der Waals surface area contributed by atoms with Crippen molar-refractivity contribution in [1.82, 2.24) is 0 Å². The van der Waals surface area contributed by atoms with Crippen LogP contribution >= 0.6 is 0 Å². The van der Waals surface area contributed by atoms with Gasteiger partial charge in [-0.25, -0.2) is 0 Å². The van der Waals surface area contributed by atoms with Gasteiger partial charge in [0.05, 0.1) is 31.0 Å². The van der Waals surface area contributed by atoms with E-state index in [1.165, 1.54) is 44.6 Å². The molecule has 7 nitrogen and oxygen atoms in total. The molecule has 0 aliphatic carbocycles. The largest absolute Gasteiger partial charge is 0.493 e. The summed E-state index contributed by atoms with van der Waals surface area (Å²) in [7, 11) is 3.01. The summed E-state index contributed by atoms with van der Waals surface area (Å²) < 4.78 is 60.9. The van der Waals surface area contributed by atoms with Gasteiger partial charge >= 0.3 is 6.18 Å². The molecule has 1 amide bonds. The van der Waals surface area contributed by atoms with Crippen LogP contribution in [0.15, 0.2) is 66.4 Å². The van der Waals surface area contributed by atoms with Gasteiger partial charge in [-0.1, -0.05) is 18.2 Å². The van der Waals surface area contributed by atoms with E-state index in [4.69, 9.17) is 18.9 Å². The van der Waals surface area contributed by atoms with Crippen molar-refractivity contribution in [2.45, 2.75) is 6.18 Å². The van der Waals surface area contributed by atoms with Gasteiger partial charge in [-0.05, 0) is 48.0 Å². The van der Waals surface area contributed by atoms with E-state index in [0.29, 0.717) is 22.6 Å². The average molecular weight is 499 g/mol. The number of Topliss-reactive ketones (excluding diaryl/α,β-unsaturated/α-hetero) is 1. The van der Waals surface area contributed by atoms with Crippen molar-refractivity contribution in [2.75, 3.05) is 26.1 Å². The second kappa shape index (κ2) is 10.0. The number of hydrogen-bond donors (Lipinski definition) is 1. The number of fused-ring (bicyclic) bond motifs is 1. The predicted molar refractivity (Wildman–Crippen MR) is 124 cm³/mol. The van der Waals surface area contributed by atoms with Gasteiger partial charge in [-0.15, -0.1) is 0 Å². The third kappa shape index (κ3) is 5.27. The molecule has 0 fully saturated rings. The summed E-state index contributed by atoms with van der Waals surface area (Å²) in [5, 5.41) is 2.20. The van der Waals surface area contributed by atoms with Crippen LogP contribution in [0.3, 0.4) is 0 Å². The van der Waals surface area contributed by atoms with Gasteiger partial charge in [0.2, 0.25) is 5.78 Å². The van der Waals surface area contributed by atoms with Crippen LogP contribution in [0.2, 0.25) is 0 Å². The average Bonchev–Trinajstić information content (AvgIpc) is 3.16. The standard InChI is InChI=1S/C26H20F3NO6/c1-33-20-10-7-15(11-22(20)34-2)12-23-25(32)17-9-8-16(13-21(17)36-23)35-14-24(31)30-19-6-4-3-5-18(19)26(27,28)29/h3-13H,14H2,1-2H3,(H,30,31). The summed E-state index contributed by atoms with van der Waals surface area (Å²) in [6.07, 6.45) is -3.06. The van der Waals surface area contributed by atoms with Crippen LogP contribution in [0.5, 0.6) is 23.0 Å². The summed E-state index contributed by atoms with van der Waals surface area (Å²) in [5.74, 6) is 0.415. The second-order valence-corrected chi connectivity index (χ2v) is 7.59. The molecule has 3 aromatic rings. The minimum atomic E-state index is -4.61. The van der Waals surface area contributed by atoms with E-state index in [-0.39, 0.29) is 28.7 Å². The lowest BCUT2D eigenvalue weighted by atomic mass is 10.1. The topological polar surface area (TPSA) is 83.1 Å². The zero-order valence-electron chi connectivity index (χ0n) is 19.1. The summed E-state index contributed by atoms with van der Waals surface area (Å²) in [4.78, 5) is 24.9. The number of halogens is 3. The summed E-state index contributed by atoms with van der Waals surface area (Å²) >= 11 is 0. The van der Waals surface area contributed by atoms with Crippen LogP contribution < -0.4 is 24.3 Å². The Kier molecular flexibility index (Phi) is 6.86. The number of anilines is 1. The molecule has 0 saturated carbocycles. The first-order chi connectivity index (χ1) is 17.2. The number of hydrogen-bond acceptors (Lipinski definition) is 6. The third-order valence-electron chi connectivity index (χ3n) is 5.22. The Hall–Kier alpha value is -4.47. The van der Waals surface area contributed by atoms with Crippen LogP contribution in [0.4, 0.5) is 18.9 Å². The SMILES string of the molecule is COc1ccc(C=C2Oc3cc(OCC(=O)Nc4ccccc4C(F)(F)F)ccc3C2=O)cc1OC. The number of para-hydroxylation sites is 1. The Morgan fingerprint density at radius 2 is 1.75 bits per heavy atom. The minimum Gasteiger partial charge on any atom is -0.493 e. The maximum absolute atomic E-state index is 13.1. The number of ketones is 1. The number of nitrogens with one attached hydrogen (secondary N) is 1. The molecule has 0 atom stereocenters. The van der Waals surface area contributed by atoms with E-state index in [0.717, 1.165) is 12.1 Å². The highest BCUT2D eigenvalue weighted by atomic mass is 19.4. The smallest absolute Gasteiger partial charge is 0.418 e. The van der Waals surface area contributed by atoms with Gasteiger partial charge in [0.25, 0.3) is 5.91 Å². The minimum absolute atomic E-state index is 0.0795. The Labute approximate surface area is 204 Å². The van der Waals surface area contributed by atoms with Crippen LogP contribution in [0.25, 0.3) is 6.08 Å². The zero-order valence-corrected chi connectivity index (χ0v) is 19.1. The maximum Gasteiger partial charge on any atom is 0.418 e. The van der Waals surface area contributed by atoms with E-state index in [2.05, 4.69) is 5.32 Å². The van der Waals surface area contributed by atoms with Crippen molar-refractivity contribution < 1.29 is 41.7 Å². The molecule has 0 saturated heterocycles. The number of carbonyl (C=O) groups excluding carboxylic acids is 2.